The van der Waals surface area contributed by atoms with Crippen LogP contribution in [-0.2, 0) is 0 Å². The first kappa shape index (κ1) is 11.1. The molecule has 0 unspecified atom stereocenters. The average Bonchev–Trinajstić information content (AvgIpc) is 2.73. The molecule has 0 amide bonds. The minimum atomic E-state index is -0.240. The Kier molecular flexibility index (Phi) is 2.92. The van der Waals surface area contributed by atoms with Crippen molar-refractivity contribution in [3.05, 3.63) is 18.2 Å². The van der Waals surface area contributed by atoms with E-state index >= 15 is 0 Å². The molecule has 1 heterocycles. The van der Waals surface area contributed by atoms with Gasteiger partial charge in [-0.25, -0.2) is 0 Å². The van der Waals surface area contributed by atoms with Crippen molar-refractivity contribution in [1.82, 2.24) is 0 Å². The van der Waals surface area contributed by atoms with Gasteiger partial charge in [-0.15, -0.1) is 0 Å². The van der Waals surface area contributed by atoms with Crippen LogP contribution in [0.2, 0.25) is 0 Å². The Balaban J connectivity index is 2.00. The van der Waals surface area contributed by atoms with Crippen molar-refractivity contribution in [2.24, 2.45) is 5.41 Å². The fourth-order valence-electron chi connectivity index (χ4n) is 1.29. The van der Waals surface area contributed by atoms with Crippen LogP contribution in [0.15, 0.2) is 18.2 Å². The van der Waals surface area contributed by atoms with Crippen molar-refractivity contribution in [2.45, 2.75) is 13.8 Å². The van der Waals surface area contributed by atoms with Crippen molar-refractivity contribution in [3.63, 3.8) is 0 Å². The molecule has 1 aliphatic rings. The van der Waals surface area contributed by atoms with Gasteiger partial charge in [0.05, 0.1) is 13.2 Å². The fraction of sp³-hybridized carbons (Fsp3) is 0.500. The Bertz CT molecular complexity index is 373. The molecule has 0 fully saturated rings. The fourth-order valence-corrected chi connectivity index (χ4v) is 1.29. The smallest absolute Gasteiger partial charge is 0.231 e. The first-order chi connectivity index (χ1) is 7.61. The van der Waals surface area contributed by atoms with Gasteiger partial charge < -0.3 is 19.3 Å². The predicted octanol–water partition coefficient (Wildman–Crippen LogP) is 1.81. The number of benzene rings is 1. The maximum atomic E-state index is 9.10. The van der Waals surface area contributed by atoms with E-state index in [1.807, 2.05) is 26.0 Å². The molecule has 1 aromatic carbocycles. The highest BCUT2D eigenvalue weighted by molar-refractivity contribution is 5.46. The molecule has 0 aromatic heterocycles. The SMILES string of the molecule is CC(C)(CO)COc1ccc2c(c1)OCO2. The average molecular weight is 224 g/mol. The van der Waals surface area contributed by atoms with Crippen LogP contribution >= 0.6 is 0 Å². The van der Waals surface area contributed by atoms with E-state index in [9.17, 15) is 0 Å². The van der Waals surface area contributed by atoms with Crippen LogP contribution in [0, 0.1) is 5.41 Å². The van der Waals surface area contributed by atoms with Crippen LogP contribution in [0.5, 0.6) is 17.2 Å². The number of aliphatic hydroxyl groups is 1. The van der Waals surface area contributed by atoms with E-state index in [1.54, 1.807) is 6.07 Å². The van der Waals surface area contributed by atoms with E-state index in [2.05, 4.69) is 0 Å². The maximum absolute atomic E-state index is 9.10. The topological polar surface area (TPSA) is 47.9 Å². The molecule has 0 spiro atoms. The monoisotopic (exact) mass is 224 g/mol. The number of aliphatic hydroxyl groups excluding tert-OH is 1. The van der Waals surface area contributed by atoms with Crippen LogP contribution in [0.3, 0.4) is 0 Å². The highest BCUT2D eigenvalue weighted by atomic mass is 16.7. The minimum Gasteiger partial charge on any atom is -0.493 e. The molecule has 1 aliphatic heterocycles. The van der Waals surface area contributed by atoms with Crippen molar-refractivity contribution in [1.29, 1.82) is 0 Å². The second kappa shape index (κ2) is 4.22. The lowest BCUT2D eigenvalue weighted by atomic mass is 9.96. The number of hydrogen-bond donors (Lipinski definition) is 1. The Morgan fingerprint density at radius 1 is 1.31 bits per heavy atom. The summed E-state index contributed by atoms with van der Waals surface area (Å²) >= 11 is 0. The van der Waals surface area contributed by atoms with Crippen molar-refractivity contribution >= 4 is 0 Å². The van der Waals surface area contributed by atoms with Gasteiger partial charge in [0.2, 0.25) is 6.79 Å². The van der Waals surface area contributed by atoms with Crippen molar-refractivity contribution in [3.8, 4) is 17.2 Å². The lowest BCUT2D eigenvalue weighted by Gasteiger charge is -2.21. The third-order valence-electron chi connectivity index (χ3n) is 2.40. The lowest BCUT2D eigenvalue weighted by Crippen LogP contribution is -2.25. The Labute approximate surface area is 94.8 Å². The Morgan fingerprint density at radius 2 is 2.06 bits per heavy atom. The molecule has 1 aromatic rings. The predicted molar refractivity (Wildman–Crippen MR) is 58.9 cm³/mol. The summed E-state index contributed by atoms with van der Waals surface area (Å²) in [6.45, 7) is 4.71. The zero-order valence-corrected chi connectivity index (χ0v) is 9.53. The first-order valence-corrected chi connectivity index (χ1v) is 5.24. The molecule has 4 heteroatoms. The van der Waals surface area contributed by atoms with Gasteiger partial charge in [-0.1, -0.05) is 13.8 Å². The highest BCUT2D eigenvalue weighted by Crippen LogP contribution is 2.35. The summed E-state index contributed by atoms with van der Waals surface area (Å²) in [5.74, 6) is 2.18. The largest absolute Gasteiger partial charge is 0.493 e. The summed E-state index contributed by atoms with van der Waals surface area (Å²) in [7, 11) is 0. The molecule has 0 bridgehead atoms. The molecule has 88 valence electrons. The van der Waals surface area contributed by atoms with Crippen LogP contribution < -0.4 is 14.2 Å². The van der Waals surface area contributed by atoms with Crippen molar-refractivity contribution < 1.29 is 19.3 Å². The lowest BCUT2D eigenvalue weighted by molar-refractivity contribution is 0.0974. The molecular formula is C12H16O4. The summed E-state index contributed by atoms with van der Waals surface area (Å²) in [5, 5.41) is 9.10. The Morgan fingerprint density at radius 3 is 2.81 bits per heavy atom. The summed E-state index contributed by atoms with van der Waals surface area (Å²) in [4.78, 5) is 0. The third-order valence-corrected chi connectivity index (χ3v) is 2.40. The number of ether oxygens (including phenoxy) is 3. The summed E-state index contributed by atoms with van der Waals surface area (Å²) < 4.78 is 16.0. The molecule has 2 rings (SSSR count). The molecule has 16 heavy (non-hydrogen) atoms. The summed E-state index contributed by atoms with van der Waals surface area (Å²) in [6, 6.07) is 5.46. The molecule has 0 saturated heterocycles. The van der Waals surface area contributed by atoms with Crippen LogP contribution in [-0.4, -0.2) is 25.1 Å². The standard InChI is InChI=1S/C12H16O4/c1-12(2,6-13)7-14-9-3-4-10-11(5-9)16-8-15-10/h3-5,13H,6-8H2,1-2H3. The normalized spacial score (nSPS) is 13.9. The van der Waals surface area contributed by atoms with Gasteiger partial charge in [0.15, 0.2) is 11.5 Å². The maximum Gasteiger partial charge on any atom is 0.231 e. The number of fused-ring (bicyclic) bond motifs is 1. The van der Waals surface area contributed by atoms with Gasteiger partial charge in [-0.05, 0) is 12.1 Å². The minimum absolute atomic E-state index is 0.0948. The quantitative estimate of drug-likeness (QED) is 0.847. The second-order valence-corrected chi connectivity index (χ2v) is 4.63. The molecule has 0 aliphatic carbocycles. The van der Waals surface area contributed by atoms with Crippen LogP contribution in [0.1, 0.15) is 13.8 Å². The van der Waals surface area contributed by atoms with E-state index in [0.29, 0.717) is 12.4 Å². The molecular weight excluding hydrogens is 208 g/mol. The zero-order valence-electron chi connectivity index (χ0n) is 9.53. The molecule has 0 atom stereocenters. The molecule has 0 saturated carbocycles. The van der Waals surface area contributed by atoms with Crippen LogP contribution in [0.4, 0.5) is 0 Å². The van der Waals surface area contributed by atoms with Gasteiger partial charge in [0, 0.05) is 11.5 Å². The first-order valence-electron chi connectivity index (χ1n) is 5.24. The van der Waals surface area contributed by atoms with E-state index in [-0.39, 0.29) is 18.8 Å². The zero-order chi connectivity index (χ0) is 11.6. The summed E-state index contributed by atoms with van der Waals surface area (Å²) in [5.41, 5.74) is -0.240. The van der Waals surface area contributed by atoms with E-state index in [0.717, 1.165) is 11.5 Å². The molecule has 4 nitrogen and oxygen atoms in total. The Hall–Kier alpha value is -1.42. The molecule has 0 radical (unpaired) electrons. The van der Waals surface area contributed by atoms with Crippen LogP contribution in [0.25, 0.3) is 0 Å². The summed E-state index contributed by atoms with van der Waals surface area (Å²) in [6.07, 6.45) is 0. The van der Waals surface area contributed by atoms with E-state index < -0.39 is 0 Å². The van der Waals surface area contributed by atoms with Gasteiger partial charge in [0.1, 0.15) is 5.75 Å². The van der Waals surface area contributed by atoms with Gasteiger partial charge in [-0.3, -0.25) is 0 Å². The van der Waals surface area contributed by atoms with Gasteiger partial charge >= 0.3 is 0 Å². The molecule has 1 N–H and O–H groups in total. The number of rotatable bonds is 4. The highest BCUT2D eigenvalue weighted by Gasteiger charge is 2.19. The van der Waals surface area contributed by atoms with Gasteiger partial charge in [-0.2, -0.15) is 0 Å². The van der Waals surface area contributed by atoms with E-state index in [1.165, 1.54) is 0 Å². The number of hydrogen-bond acceptors (Lipinski definition) is 4. The van der Waals surface area contributed by atoms with Gasteiger partial charge in [0.25, 0.3) is 0 Å². The second-order valence-electron chi connectivity index (χ2n) is 4.63. The van der Waals surface area contributed by atoms with Crippen molar-refractivity contribution in [2.75, 3.05) is 20.0 Å². The van der Waals surface area contributed by atoms with E-state index in [4.69, 9.17) is 19.3 Å². The third kappa shape index (κ3) is 2.39.